The first-order valence-corrected chi connectivity index (χ1v) is 13.4. The quantitative estimate of drug-likeness (QED) is 0.481. The van der Waals surface area contributed by atoms with Crippen molar-refractivity contribution in [1.29, 1.82) is 0 Å². The van der Waals surface area contributed by atoms with E-state index in [1.807, 2.05) is 63.2 Å². The number of carbonyl (C=O) groups excluding carboxylic acids is 3. The van der Waals surface area contributed by atoms with E-state index in [9.17, 15) is 14.4 Å². The number of likely N-dealkylation sites (N-methyl/N-ethyl adjacent to an activating group) is 1. The second-order valence-electron chi connectivity index (χ2n) is 11.2. The van der Waals surface area contributed by atoms with Crippen molar-refractivity contribution in [3.63, 3.8) is 0 Å². The molecule has 1 aromatic rings. The van der Waals surface area contributed by atoms with Crippen molar-refractivity contribution in [3.8, 4) is 0 Å². The van der Waals surface area contributed by atoms with Crippen molar-refractivity contribution in [2.24, 2.45) is 10.9 Å². The van der Waals surface area contributed by atoms with Crippen molar-refractivity contribution < 1.29 is 14.4 Å². The molecule has 4 amide bonds. The van der Waals surface area contributed by atoms with Gasteiger partial charge in [0, 0.05) is 24.1 Å². The van der Waals surface area contributed by atoms with Crippen LogP contribution in [0.25, 0.3) is 0 Å². The monoisotopic (exact) mass is 520 g/mol. The van der Waals surface area contributed by atoms with Crippen molar-refractivity contribution in [1.82, 2.24) is 25.8 Å². The molecule has 3 aliphatic rings. The van der Waals surface area contributed by atoms with Crippen LogP contribution in [0.15, 0.2) is 59.1 Å². The molecule has 9 heteroatoms. The number of hydrogen-bond acceptors (Lipinski definition) is 5. The molecule has 4 rings (SSSR count). The van der Waals surface area contributed by atoms with Gasteiger partial charge in [-0.3, -0.25) is 14.6 Å². The van der Waals surface area contributed by atoms with E-state index >= 15 is 0 Å². The van der Waals surface area contributed by atoms with Crippen LogP contribution in [0.3, 0.4) is 0 Å². The lowest BCUT2D eigenvalue weighted by atomic mass is 9.85. The molecule has 204 valence electrons. The van der Waals surface area contributed by atoms with Gasteiger partial charge in [-0.25, -0.2) is 4.79 Å². The highest BCUT2D eigenvalue weighted by molar-refractivity contribution is 6.11. The molecule has 1 saturated carbocycles. The van der Waals surface area contributed by atoms with Gasteiger partial charge >= 0.3 is 6.03 Å². The van der Waals surface area contributed by atoms with Crippen LogP contribution in [-0.4, -0.2) is 78.8 Å². The number of carbonyl (C=O) groups is 3. The van der Waals surface area contributed by atoms with Crippen LogP contribution in [0.5, 0.6) is 0 Å². The summed E-state index contributed by atoms with van der Waals surface area (Å²) < 4.78 is 0. The molecule has 1 atom stereocenters. The minimum Gasteiger partial charge on any atom is -0.350 e. The summed E-state index contributed by atoms with van der Waals surface area (Å²) in [5, 5.41) is 9.22. The second-order valence-corrected chi connectivity index (χ2v) is 11.2. The third-order valence-corrected chi connectivity index (χ3v) is 7.94. The largest absolute Gasteiger partial charge is 0.350 e. The minimum atomic E-state index is -0.518. The Kier molecular flexibility index (Phi) is 8.35. The molecule has 1 fully saturated rings. The number of nitrogens with one attached hydrogen (secondary N) is 3. The Hall–Kier alpha value is -3.46. The van der Waals surface area contributed by atoms with E-state index in [4.69, 9.17) is 0 Å². The molecule has 0 bridgehead atoms. The minimum absolute atomic E-state index is 0.0400. The smallest absolute Gasteiger partial charge is 0.318 e. The van der Waals surface area contributed by atoms with Gasteiger partial charge in [0.2, 0.25) is 11.8 Å². The molecular weight excluding hydrogens is 480 g/mol. The van der Waals surface area contributed by atoms with E-state index in [2.05, 4.69) is 32.4 Å². The number of amidine groups is 1. The highest BCUT2D eigenvalue weighted by atomic mass is 16.2. The van der Waals surface area contributed by atoms with Gasteiger partial charge < -0.3 is 25.8 Å². The molecule has 9 nitrogen and oxygen atoms in total. The summed E-state index contributed by atoms with van der Waals surface area (Å²) in [6, 6.07) is 9.79. The Balaban J connectivity index is 1.38. The summed E-state index contributed by atoms with van der Waals surface area (Å²) in [6.45, 7) is 9.13. The van der Waals surface area contributed by atoms with Gasteiger partial charge in [-0.2, -0.15) is 0 Å². The highest BCUT2D eigenvalue weighted by Crippen LogP contribution is 2.38. The zero-order valence-corrected chi connectivity index (χ0v) is 22.9. The molecule has 1 aliphatic carbocycles. The van der Waals surface area contributed by atoms with Crippen molar-refractivity contribution in [2.75, 3.05) is 33.7 Å². The fourth-order valence-electron chi connectivity index (χ4n) is 5.67. The van der Waals surface area contributed by atoms with Gasteiger partial charge in [0.25, 0.3) is 0 Å². The first kappa shape index (κ1) is 27.6. The summed E-state index contributed by atoms with van der Waals surface area (Å²) in [4.78, 5) is 46.8. The summed E-state index contributed by atoms with van der Waals surface area (Å²) in [6.07, 6.45) is 4.21. The number of nitrogens with zero attached hydrogens (tertiary/aromatic N) is 3. The van der Waals surface area contributed by atoms with Crippen LogP contribution < -0.4 is 16.0 Å². The Morgan fingerprint density at radius 1 is 1.16 bits per heavy atom. The Morgan fingerprint density at radius 3 is 2.47 bits per heavy atom. The van der Waals surface area contributed by atoms with Gasteiger partial charge in [-0.1, -0.05) is 36.9 Å². The molecule has 0 spiro atoms. The lowest BCUT2D eigenvalue weighted by Crippen LogP contribution is -2.52. The Bertz CT molecular complexity index is 1130. The average molecular weight is 521 g/mol. The topological polar surface area (TPSA) is 106 Å². The van der Waals surface area contributed by atoms with Crippen LogP contribution in [0.1, 0.15) is 51.1 Å². The summed E-state index contributed by atoms with van der Waals surface area (Å²) >= 11 is 0. The Morgan fingerprint density at radius 2 is 1.84 bits per heavy atom. The predicted octanol–water partition coefficient (Wildman–Crippen LogP) is 2.78. The number of aliphatic imine (C=N–C) groups is 1. The van der Waals surface area contributed by atoms with Gasteiger partial charge in [-0.15, -0.1) is 0 Å². The van der Waals surface area contributed by atoms with Gasteiger partial charge in [0.1, 0.15) is 5.84 Å². The number of amides is 4. The maximum atomic E-state index is 13.6. The first-order chi connectivity index (χ1) is 18.1. The lowest BCUT2D eigenvalue weighted by molar-refractivity contribution is -0.124. The summed E-state index contributed by atoms with van der Waals surface area (Å²) in [7, 11) is 3.99. The number of benzene rings is 1. The average Bonchev–Trinajstić information content (AvgIpc) is 3.41. The number of hydrogen-bond donors (Lipinski definition) is 3. The molecule has 1 aromatic carbocycles. The molecule has 2 heterocycles. The maximum Gasteiger partial charge on any atom is 0.318 e. The van der Waals surface area contributed by atoms with E-state index in [1.165, 1.54) is 6.08 Å². The van der Waals surface area contributed by atoms with Crippen LogP contribution >= 0.6 is 0 Å². The van der Waals surface area contributed by atoms with E-state index in [0.717, 1.165) is 29.6 Å². The first-order valence-electron chi connectivity index (χ1n) is 13.4. The molecular formula is C29H40N6O3. The molecule has 3 N–H and O–H groups in total. The second kappa shape index (κ2) is 11.5. The molecule has 38 heavy (non-hydrogen) atoms. The van der Waals surface area contributed by atoms with E-state index in [1.54, 1.807) is 0 Å². The Labute approximate surface area is 225 Å². The lowest BCUT2D eigenvalue weighted by Gasteiger charge is -2.36. The van der Waals surface area contributed by atoms with E-state index < -0.39 is 5.54 Å². The molecule has 2 aliphatic heterocycles. The van der Waals surface area contributed by atoms with Gasteiger partial charge in [0.15, 0.2) is 0 Å². The summed E-state index contributed by atoms with van der Waals surface area (Å²) in [5.74, 6) is 0.253. The van der Waals surface area contributed by atoms with Crippen molar-refractivity contribution in [3.05, 3.63) is 59.7 Å². The van der Waals surface area contributed by atoms with Gasteiger partial charge in [-0.05, 0) is 70.8 Å². The van der Waals surface area contributed by atoms with E-state index in [-0.39, 0.29) is 35.8 Å². The number of urea groups is 1. The maximum absolute atomic E-state index is 13.6. The van der Waals surface area contributed by atoms with Crippen molar-refractivity contribution in [2.45, 2.75) is 57.2 Å². The van der Waals surface area contributed by atoms with Crippen molar-refractivity contribution >= 4 is 23.7 Å². The van der Waals surface area contributed by atoms with Crippen LogP contribution in [0, 0.1) is 5.92 Å². The van der Waals surface area contributed by atoms with Crippen LogP contribution in [0.2, 0.25) is 0 Å². The zero-order chi connectivity index (χ0) is 27.4. The van der Waals surface area contributed by atoms with E-state index in [0.29, 0.717) is 38.3 Å². The molecule has 0 saturated heterocycles. The standard InChI is InChI=1S/C29H40N6O3/c1-6-25(36)31-21-14-12-20(13-15-21)27(37)33-26-22-17-35(29(2,3)23(22)16-30-26)28(38)32-24(18-34(4)5)19-10-8-7-9-11-19/h6-11,20-21,24H,1,12-18H2,2-5H3,(H,31,36)(H,32,38)(H,30,33,37)/t20?,21?,24-/m1/s1. The van der Waals surface area contributed by atoms with Crippen LogP contribution in [-0.2, 0) is 9.59 Å². The highest BCUT2D eigenvalue weighted by Gasteiger charge is 2.46. The fourth-order valence-corrected chi connectivity index (χ4v) is 5.67. The summed E-state index contributed by atoms with van der Waals surface area (Å²) in [5.41, 5.74) is 2.55. The normalized spacial score (nSPS) is 23.0. The molecule has 0 radical (unpaired) electrons. The number of rotatable bonds is 7. The third kappa shape index (κ3) is 5.99. The molecule has 0 aromatic heterocycles. The predicted molar refractivity (Wildman–Crippen MR) is 149 cm³/mol. The van der Waals surface area contributed by atoms with Gasteiger partial charge in [0.05, 0.1) is 24.7 Å². The molecule has 0 unspecified atom stereocenters. The zero-order valence-electron chi connectivity index (χ0n) is 22.9. The fraction of sp³-hybridized carbons (Fsp3) is 0.517. The van der Waals surface area contributed by atoms with Crippen LogP contribution in [0.4, 0.5) is 4.79 Å². The third-order valence-electron chi connectivity index (χ3n) is 7.94. The SMILES string of the molecule is C=CC(=O)NC1CCC(C(=O)NC2=NCC3=C2CN(C(=O)N[C@H](CN(C)C)c2ccccc2)C3(C)C)CC1.